The molecule has 0 N–H and O–H groups in total. The maximum Gasteiger partial charge on any atom is 0.316 e. The van der Waals surface area contributed by atoms with Crippen LogP contribution >= 0.6 is 10.3 Å². The molecular formula is C39H56O11S. The summed E-state index contributed by atoms with van der Waals surface area (Å²) in [5, 5.41) is 0. The number of rotatable bonds is 23. The average molecular weight is 733 g/mol. The van der Waals surface area contributed by atoms with Gasteiger partial charge in [0.15, 0.2) is 0 Å². The van der Waals surface area contributed by atoms with E-state index in [1.165, 1.54) is 0 Å². The van der Waals surface area contributed by atoms with Crippen LogP contribution in [0.4, 0.5) is 0 Å². The second-order valence-electron chi connectivity index (χ2n) is 10.5. The van der Waals surface area contributed by atoms with E-state index in [1.807, 2.05) is 62.3 Å². The van der Waals surface area contributed by atoms with Gasteiger partial charge in [-0.15, -0.1) is 0 Å². The van der Waals surface area contributed by atoms with Crippen LogP contribution in [0.1, 0.15) is 75.7 Å². The Morgan fingerprint density at radius 2 is 0.608 bits per heavy atom. The van der Waals surface area contributed by atoms with Gasteiger partial charge in [-0.3, -0.25) is 4.79 Å². The molecule has 0 unspecified atom stereocenters. The fraction of sp³-hybridized carbons (Fsp3) is 0.513. The van der Waals surface area contributed by atoms with Gasteiger partial charge in [0.1, 0.15) is 66.4 Å². The Labute approximate surface area is 305 Å². The molecule has 0 spiro atoms. The highest BCUT2D eigenvalue weighted by atomic mass is 32.3. The van der Waals surface area contributed by atoms with Gasteiger partial charge in [-0.25, -0.2) is 0 Å². The third-order valence-corrected chi connectivity index (χ3v) is 10.5. The van der Waals surface area contributed by atoms with E-state index in [9.17, 15) is 4.79 Å². The second-order valence-corrected chi connectivity index (χ2v) is 13.0. The fourth-order valence-electron chi connectivity index (χ4n) is 5.46. The van der Waals surface area contributed by atoms with Gasteiger partial charge >= 0.3 is 5.97 Å². The summed E-state index contributed by atoms with van der Waals surface area (Å²) < 4.78 is 63.8. The Morgan fingerprint density at radius 3 is 0.784 bits per heavy atom. The molecule has 3 aromatic carbocycles. The number of benzene rings is 3. The Morgan fingerprint density at radius 1 is 0.392 bits per heavy atom. The molecule has 0 heterocycles. The molecule has 0 saturated carbocycles. The number of ether oxygens (including phenoxy) is 9. The van der Waals surface area contributed by atoms with Crippen LogP contribution in [0.2, 0.25) is 0 Å². The molecule has 0 aliphatic rings. The van der Waals surface area contributed by atoms with Gasteiger partial charge in [0.25, 0.3) is 0 Å². The molecule has 0 aliphatic carbocycles. The van der Waals surface area contributed by atoms with Crippen molar-refractivity contribution in [2.24, 2.45) is 0 Å². The lowest BCUT2D eigenvalue weighted by molar-refractivity contribution is -0.133. The lowest BCUT2D eigenvalue weighted by atomic mass is 10.3. The third-order valence-electron chi connectivity index (χ3n) is 7.08. The smallest absolute Gasteiger partial charge is 0.316 e. The number of carbonyl (C=O) groups is 1. The van der Waals surface area contributed by atoms with Gasteiger partial charge in [-0.2, -0.15) is 0 Å². The summed E-state index contributed by atoms with van der Waals surface area (Å²) in [4.78, 5) is 15.5. The first-order valence-electron chi connectivity index (χ1n) is 18.0. The van der Waals surface area contributed by atoms with Crippen molar-refractivity contribution >= 4 is 16.3 Å². The largest absolute Gasteiger partial charge is 0.494 e. The summed E-state index contributed by atoms with van der Waals surface area (Å²) in [6.45, 7) is 21.7. The second kappa shape index (κ2) is 20.5. The molecule has 0 radical (unpaired) electrons. The minimum Gasteiger partial charge on any atom is -0.494 e. The van der Waals surface area contributed by atoms with Crippen LogP contribution in [0, 0.1) is 0 Å². The van der Waals surface area contributed by atoms with E-state index in [4.69, 9.17) is 46.8 Å². The zero-order valence-corrected chi connectivity index (χ0v) is 32.8. The number of carbonyl (C=O) groups excluding carboxylic acids is 1. The van der Waals surface area contributed by atoms with E-state index in [0.717, 1.165) is 0 Å². The molecule has 0 aliphatic heterocycles. The van der Waals surface area contributed by atoms with Crippen molar-refractivity contribution < 1.29 is 51.6 Å². The first-order chi connectivity index (χ1) is 24.8. The van der Waals surface area contributed by atoms with Crippen molar-refractivity contribution in [2.75, 3.05) is 59.5 Å². The Hall–Kier alpha value is -4.32. The van der Waals surface area contributed by atoms with Gasteiger partial charge in [-0.05, 0) is 62.3 Å². The molecule has 0 atom stereocenters. The summed E-state index contributed by atoms with van der Waals surface area (Å²) in [7, 11) is -3.42. The summed E-state index contributed by atoms with van der Waals surface area (Å²) in [6, 6.07) is 10.7. The molecule has 0 aromatic heterocycles. The fourth-order valence-corrected chi connectivity index (χ4v) is 9.13. The topological polar surface area (TPSA) is 109 Å². The molecule has 0 bridgehead atoms. The zero-order chi connectivity index (χ0) is 37.4. The van der Waals surface area contributed by atoms with E-state index in [1.54, 1.807) is 43.3 Å². The average Bonchev–Trinajstić information content (AvgIpc) is 3.09. The lowest BCUT2D eigenvalue weighted by Gasteiger charge is -2.43. The summed E-state index contributed by atoms with van der Waals surface area (Å²) in [5.74, 6) is 3.33. The SMILES string of the molecule is CCOc1cc(OCC)c(S(OC(=O)CC)(c2c(OCC)cc(OCC)cc2OCC)c2c(OCC)cc(OCC)cc2OCC)c(OCC)c1. The van der Waals surface area contributed by atoms with Crippen LogP contribution in [0.15, 0.2) is 51.1 Å². The first kappa shape index (κ1) is 41.1. The van der Waals surface area contributed by atoms with Gasteiger partial charge < -0.3 is 46.8 Å². The molecule has 51 heavy (non-hydrogen) atoms. The van der Waals surface area contributed by atoms with Crippen LogP contribution in [0.3, 0.4) is 0 Å². The molecule has 0 fully saturated rings. The van der Waals surface area contributed by atoms with E-state index in [0.29, 0.717) is 86.3 Å². The van der Waals surface area contributed by atoms with E-state index < -0.39 is 16.3 Å². The van der Waals surface area contributed by atoms with Crippen molar-refractivity contribution in [3.05, 3.63) is 36.4 Å². The maximum atomic E-state index is 14.2. The normalized spacial score (nSPS) is 11.3. The lowest BCUT2D eigenvalue weighted by Crippen LogP contribution is -2.19. The van der Waals surface area contributed by atoms with E-state index >= 15 is 0 Å². The quantitative estimate of drug-likeness (QED) is 0.0930. The zero-order valence-electron chi connectivity index (χ0n) is 31.9. The van der Waals surface area contributed by atoms with Crippen LogP contribution in [0.5, 0.6) is 51.7 Å². The highest BCUT2D eigenvalue weighted by molar-refractivity contribution is 8.30. The molecule has 11 nitrogen and oxygen atoms in total. The van der Waals surface area contributed by atoms with Gasteiger partial charge in [0, 0.05) is 53.1 Å². The molecule has 3 aromatic rings. The van der Waals surface area contributed by atoms with Crippen molar-refractivity contribution in [3.8, 4) is 51.7 Å². The van der Waals surface area contributed by atoms with Gasteiger partial charge in [0.2, 0.25) is 0 Å². The Balaban J connectivity index is 2.91. The van der Waals surface area contributed by atoms with Gasteiger partial charge in [0.05, 0.1) is 59.5 Å². The summed E-state index contributed by atoms with van der Waals surface area (Å²) in [6.07, 6.45) is 0.0512. The molecular weight excluding hydrogens is 676 g/mol. The maximum absolute atomic E-state index is 14.2. The van der Waals surface area contributed by atoms with E-state index in [-0.39, 0.29) is 46.1 Å². The number of hydrogen-bond donors (Lipinski definition) is 0. The standard InChI is InChI=1S/C39H56O11S/c1-11-36(40)50-51(37-30(44-15-5)21-27(41-12-2)22-31(37)45-16-6,38-32(46-17-7)23-28(42-13-3)24-33(38)47-18-8)39-34(48-19-9)25-29(43-14-4)26-35(39)49-20-10/h21-26H,11-20H2,1-10H3. The monoisotopic (exact) mass is 732 g/mol. The molecule has 3 rings (SSSR count). The highest BCUT2D eigenvalue weighted by Crippen LogP contribution is 2.80. The van der Waals surface area contributed by atoms with Crippen molar-refractivity contribution in [1.82, 2.24) is 0 Å². The molecule has 12 heteroatoms. The van der Waals surface area contributed by atoms with Crippen molar-refractivity contribution in [1.29, 1.82) is 0 Å². The van der Waals surface area contributed by atoms with Crippen LogP contribution in [0.25, 0.3) is 0 Å². The number of hydrogen-bond acceptors (Lipinski definition) is 11. The minimum atomic E-state index is -3.42. The minimum absolute atomic E-state index is 0.0512. The first-order valence-corrected chi connectivity index (χ1v) is 19.6. The highest BCUT2D eigenvalue weighted by Gasteiger charge is 2.49. The van der Waals surface area contributed by atoms with E-state index in [2.05, 4.69) is 0 Å². The Kier molecular flexibility index (Phi) is 16.5. The summed E-state index contributed by atoms with van der Waals surface area (Å²) in [5.41, 5.74) is 0. The predicted molar refractivity (Wildman–Crippen MR) is 199 cm³/mol. The third kappa shape index (κ3) is 9.52. The van der Waals surface area contributed by atoms with Crippen LogP contribution in [-0.2, 0) is 8.98 Å². The molecule has 0 amide bonds. The van der Waals surface area contributed by atoms with Crippen LogP contribution < -0.4 is 42.6 Å². The molecule has 284 valence electrons. The predicted octanol–water partition coefficient (Wildman–Crippen LogP) is 9.42. The van der Waals surface area contributed by atoms with Gasteiger partial charge in [-0.1, -0.05) is 6.92 Å². The van der Waals surface area contributed by atoms with Crippen molar-refractivity contribution in [2.45, 2.75) is 90.3 Å². The molecule has 0 saturated heterocycles. The van der Waals surface area contributed by atoms with Crippen LogP contribution in [-0.4, -0.2) is 65.4 Å². The summed E-state index contributed by atoms with van der Waals surface area (Å²) >= 11 is 0. The Bertz CT molecular complexity index is 1310. The van der Waals surface area contributed by atoms with Crippen molar-refractivity contribution in [3.63, 3.8) is 0 Å².